The minimum absolute atomic E-state index is 0.104. The second-order valence-electron chi connectivity index (χ2n) is 6.68. The summed E-state index contributed by atoms with van der Waals surface area (Å²) >= 11 is 0. The van der Waals surface area contributed by atoms with Crippen LogP contribution in [0.15, 0.2) is 15.8 Å². The van der Waals surface area contributed by atoms with Crippen molar-refractivity contribution in [1.29, 1.82) is 0 Å². The Hall–Kier alpha value is -2.37. The van der Waals surface area contributed by atoms with Gasteiger partial charge in [-0.1, -0.05) is 6.92 Å². The molecule has 1 aliphatic rings. The summed E-state index contributed by atoms with van der Waals surface area (Å²) in [6.45, 7) is 5.69. The third kappa shape index (κ3) is 6.08. The van der Waals surface area contributed by atoms with E-state index in [1.165, 1.54) is 17.7 Å². The van der Waals surface area contributed by atoms with E-state index < -0.39 is 23.6 Å². The molecule has 0 aromatic carbocycles. The van der Waals surface area contributed by atoms with E-state index in [9.17, 15) is 14.4 Å². The van der Waals surface area contributed by atoms with Crippen LogP contribution in [0.5, 0.6) is 0 Å². The van der Waals surface area contributed by atoms with Gasteiger partial charge < -0.3 is 14.2 Å². The second-order valence-corrected chi connectivity index (χ2v) is 6.68. The van der Waals surface area contributed by atoms with Crippen LogP contribution in [-0.2, 0) is 25.6 Å². The van der Waals surface area contributed by atoms with Crippen molar-refractivity contribution in [2.45, 2.75) is 77.9 Å². The van der Waals surface area contributed by atoms with E-state index in [1.807, 2.05) is 13.8 Å². The van der Waals surface area contributed by atoms with E-state index in [0.717, 1.165) is 19.3 Å². The molecule has 154 valence electrons. The first-order chi connectivity index (χ1) is 13.5. The van der Waals surface area contributed by atoms with Gasteiger partial charge in [-0.25, -0.2) is 4.79 Å². The first kappa shape index (κ1) is 21.9. The molecular formula is C20H28N2O6. The summed E-state index contributed by atoms with van der Waals surface area (Å²) in [7, 11) is 0. The molecule has 0 aliphatic carbocycles. The van der Waals surface area contributed by atoms with Crippen molar-refractivity contribution >= 4 is 5.97 Å². The third-order valence-corrected chi connectivity index (χ3v) is 4.53. The zero-order valence-electron chi connectivity index (χ0n) is 16.7. The number of hydrogen-bond acceptors (Lipinski definition) is 6. The van der Waals surface area contributed by atoms with Gasteiger partial charge in [0.05, 0.1) is 18.3 Å². The molecule has 1 aromatic rings. The fraction of sp³-hybridized carbons (Fsp3) is 0.650. The van der Waals surface area contributed by atoms with Crippen LogP contribution in [0, 0.1) is 11.8 Å². The molecule has 0 unspecified atom stereocenters. The molecule has 1 aromatic heterocycles. The normalized spacial score (nSPS) is 21.2. The van der Waals surface area contributed by atoms with Crippen LogP contribution in [0.25, 0.3) is 0 Å². The van der Waals surface area contributed by atoms with Gasteiger partial charge in [0.1, 0.15) is 12.3 Å². The van der Waals surface area contributed by atoms with Gasteiger partial charge in [0.2, 0.25) is 0 Å². The molecule has 28 heavy (non-hydrogen) atoms. The van der Waals surface area contributed by atoms with Gasteiger partial charge in [-0.05, 0) is 26.2 Å². The van der Waals surface area contributed by atoms with Crippen molar-refractivity contribution in [2.75, 3.05) is 6.61 Å². The summed E-state index contributed by atoms with van der Waals surface area (Å²) in [5, 5.41) is 0. The smallest absolute Gasteiger partial charge is 0.330 e. The number of carbonyl (C=O) groups excluding carboxylic acids is 1. The maximum Gasteiger partial charge on any atom is 0.330 e. The second kappa shape index (κ2) is 10.8. The van der Waals surface area contributed by atoms with Crippen LogP contribution in [0.1, 0.15) is 64.7 Å². The summed E-state index contributed by atoms with van der Waals surface area (Å²) < 4.78 is 18.1. The lowest BCUT2D eigenvalue weighted by atomic mass is 10.1. The summed E-state index contributed by atoms with van der Waals surface area (Å²) in [6, 6.07) is 0. The Bertz CT molecular complexity index is 832. The Morgan fingerprint density at radius 3 is 2.86 bits per heavy atom. The van der Waals surface area contributed by atoms with Crippen molar-refractivity contribution in [2.24, 2.45) is 0 Å². The number of H-pyrrole nitrogens is 1. The van der Waals surface area contributed by atoms with E-state index in [2.05, 4.69) is 16.8 Å². The van der Waals surface area contributed by atoms with Gasteiger partial charge in [0.15, 0.2) is 0 Å². The Labute approximate surface area is 164 Å². The molecule has 8 heteroatoms. The minimum atomic E-state index is -0.606. The molecule has 1 N–H and O–H groups in total. The molecule has 0 bridgehead atoms. The monoisotopic (exact) mass is 392 g/mol. The number of unbranched alkanes of at least 4 members (excludes halogenated alkanes) is 2. The van der Waals surface area contributed by atoms with Crippen molar-refractivity contribution in [3.05, 3.63) is 32.6 Å². The van der Waals surface area contributed by atoms with Gasteiger partial charge in [-0.3, -0.25) is 19.1 Å². The van der Waals surface area contributed by atoms with Gasteiger partial charge in [-0.15, -0.1) is 11.8 Å². The lowest BCUT2D eigenvalue weighted by Gasteiger charge is -2.16. The molecule has 1 fully saturated rings. The highest BCUT2D eigenvalue weighted by atomic mass is 16.6. The van der Waals surface area contributed by atoms with Gasteiger partial charge in [0.25, 0.3) is 5.56 Å². The van der Waals surface area contributed by atoms with Gasteiger partial charge >= 0.3 is 11.7 Å². The van der Waals surface area contributed by atoms with Gasteiger partial charge in [0, 0.05) is 32.6 Å². The zero-order chi connectivity index (χ0) is 20.5. The lowest BCUT2D eigenvalue weighted by molar-refractivity contribution is -0.149. The first-order valence-corrected chi connectivity index (χ1v) is 9.60. The van der Waals surface area contributed by atoms with E-state index >= 15 is 0 Å². The molecule has 3 atom stereocenters. The summed E-state index contributed by atoms with van der Waals surface area (Å²) in [6.07, 6.45) is 3.75. The van der Waals surface area contributed by atoms with Crippen molar-refractivity contribution in [3.8, 4) is 11.8 Å². The summed E-state index contributed by atoms with van der Waals surface area (Å²) in [5.41, 5.74) is -0.685. The van der Waals surface area contributed by atoms with Crippen LogP contribution < -0.4 is 11.2 Å². The molecule has 0 amide bonds. The zero-order valence-corrected chi connectivity index (χ0v) is 16.7. The largest absolute Gasteiger partial charge is 0.460 e. The molecule has 2 rings (SSSR count). The maximum absolute atomic E-state index is 12.2. The van der Waals surface area contributed by atoms with Crippen molar-refractivity contribution in [3.63, 3.8) is 0 Å². The summed E-state index contributed by atoms with van der Waals surface area (Å²) in [5.74, 6) is 5.44. The molecule has 0 saturated carbocycles. The van der Waals surface area contributed by atoms with Crippen LogP contribution in [0.4, 0.5) is 0 Å². The average Bonchev–Trinajstić information content (AvgIpc) is 3.04. The van der Waals surface area contributed by atoms with Crippen LogP contribution in [0.2, 0.25) is 0 Å². The van der Waals surface area contributed by atoms with E-state index in [-0.39, 0.29) is 18.7 Å². The Kier molecular flexibility index (Phi) is 8.48. The Morgan fingerprint density at radius 1 is 1.39 bits per heavy atom. The number of ether oxygens (including phenoxy) is 3. The highest BCUT2D eigenvalue weighted by molar-refractivity contribution is 5.66. The maximum atomic E-state index is 12.2. The molecule has 8 nitrogen and oxygen atoms in total. The van der Waals surface area contributed by atoms with Crippen LogP contribution in [0.3, 0.4) is 0 Å². The topological polar surface area (TPSA) is 99.6 Å². The number of nitrogens with zero attached hydrogens (tertiary/aromatic N) is 1. The fourth-order valence-electron chi connectivity index (χ4n) is 3.14. The number of aromatic amines is 1. The first-order valence-electron chi connectivity index (χ1n) is 9.60. The van der Waals surface area contributed by atoms with Crippen LogP contribution in [-0.4, -0.2) is 34.3 Å². The van der Waals surface area contributed by atoms with E-state index in [1.54, 1.807) is 0 Å². The number of esters is 1. The Balaban J connectivity index is 2.02. The number of aromatic nitrogens is 2. The highest BCUT2D eigenvalue weighted by Crippen LogP contribution is 2.31. The Morgan fingerprint density at radius 2 is 2.18 bits per heavy atom. The molecule has 2 heterocycles. The van der Waals surface area contributed by atoms with Crippen molar-refractivity contribution < 1.29 is 19.0 Å². The third-order valence-electron chi connectivity index (χ3n) is 4.53. The molecular weight excluding hydrogens is 364 g/mol. The van der Waals surface area contributed by atoms with E-state index in [4.69, 9.17) is 14.2 Å². The average molecular weight is 392 g/mol. The van der Waals surface area contributed by atoms with Gasteiger partial charge in [-0.2, -0.15) is 0 Å². The highest BCUT2D eigenvalue weighted by Gasteiger charge is 2.37. The standard InChI is InChI=1S/C20H28N2O6/c1-4-6-7-8-9-10-26-13-15-12-22(20(25)21-19(15)24)18-11-17(27-14(3)23)16(5-2)28-18/h12,16-18H,5,7-11,13H2,1-3H3,(H,21,24,25)/t16-,17-,18-/m1/s1. The number of hydrogen-bond donors (Lipinski definition) is 1. The lowest BCUT2D eigenvalue weighted by Crippen LogP contribution is -2.34. The molecule has 1 saturated heterocycles. The summed E-state index contributed by atoms with van der Waals surface area (Å²) in [4.78, 5) is 37.9. The number of nitrogens with one attached hydrogen (secondary N) is 1. The number of rotatable bonds is 9. The van der Waals surface area contributed by atoms with E-state index in [0.29, 0.717) is 25.0 Å². The predicted molar refractivity (Wildman–Crippen MR) is 103 cm³/mol. The van der Waals surface area contributed by atoms with Crippen LogP contribution >= 0.6 is 0 Å². The SMILES string of the molecule is CC#CCCCCOCc1cn([C@H]2C[C@@H](OC(C)=O)[C@@H](CC)O2)c(=O)[nH]c1=O. The molecule has 0 radical (unpaired) electrons. The quantitative estimate of drug-likeness (QED) is 0.391. The number of carbonyl (C=O) groups is 1. The molecule has 0 spiro atoms. The molecule has 1 aliphatic heterocycles. The minimum Gasteiger partial charge on any atom is -0.460 e. The predicted octanol–water partition coefficient (Wildman–Crippen LogP) is 1.88. The van der Waals surface area contributed by atoms with Crippen molar-refractivity contribution in [1.82, 2.24) is 9.55 Å². The fourth-order valence-corrected chi connectivity index (χ4v) is 3.14.